The Kier molecular flexibility index (Phi) is 7.75. The van der Waals surface area contributed by atoms with Crippen molar-refractivity contribution in [2.24, 2.45) is 0 Å². The zero-order valence-corrected chi connectivity index (χ0v) is 9.07. The molecule has 0 unspecified atom stereocenters. The number of hydrogen-bond donors (Lipinski definition) is 0. The topological polar surface area (TPSA) is 56.7 Å². The van der Waals surface area contributed by atoms with E-state index in [9.17, 15) is 4.79 Å². The molecule has 80 valence electrons. The third-order valence-electron chi connectivity index (χ3n) is 2.04. The minimum absolute atomic E-state index is 0.200. The van der Waals surface area contributed by atoms with Crippen LogP contribution in [-0.4, -0.2) is 34.9 Å². The summed E-state index contributed by atoms with van der Waals surface area (Å²) in [5.41, 5.74) is 8.26. The lowest BCUT2D eigenvalue weighted by Gasteiger charge is -2.18. The number of nitrogens with zero attached hydrogens (tertiary/aromatic N) is 3. The van der Waals surface area contributed by atoms with Crippen molar-refractivity contribution in [3.05, 3.63) is 5.53 Å². The monoisotopic (exact) mass is 197 g/mol. The summed E-state index contributed by atoms with van der Waals surface area (Å²) in [5, 5.41) is 0. The molecule has 0 aromatic carbocycles. The average Bonchev–Trinajstić information content (AvgIpc) is 2.18. The number of amides is 1. The number of rotatable bonds is 7. The maximum Gasteiger partial charge on any atom is 0.344 e. The molecule has 0 radical (unpaired) electrons. The molecule has 0 saturated heterocycles. The Morgan fingerprint density at radius 1 is 1.29 bits per heavy atom. The highest BCUT2D eigenvalue weighted by atomic mass is 16.2. The van der Waals surface area contributed by atoms with Crippen molar-refractivity contribution in [3.63, 3.8) is 0 Å². The van der Waals surface area contributed by atoms with Crippen LogP contribution in [0.5, 0.6) is 0 Å². The second-order valence-electron chi connectivity index (χ2n) is 3.28. The number of hydrogen-bond acceptors (Lipinski definition) is 1. The minimum Gasteiger partial charge on any atom is -0.361 e. The van der Waals surface area contributed by atoms with Crippen molar-refractivity contribution in [2.45, 2.75) is 39.5 Å². The molecule has 4 nitrogen and oxygen atoms in total. The standard InChI is InChI=1S/C10H19N3O/c1-3-5-7-13(8-6-4-2)10(14)9-12-11/h9H,3-8H2,1-2H3. The van der Waals surface area contributed by atoms with Crippen LogP contribution in [0.4, 0.5) is 0 Å². The molecule has 0 bridgehead atoms. The first kappa shape index (κ1) is 12.8. The summed E-state index contributed by atoms with van der Waals surface area (Å²) in [6.07, 6.45) is 5.08. The Balaban J connectivity index is 4.07. The predicted molar refractivity (Wildman–Crippen MR) is 56.1 cm³/mol. The van der Waals surface area contributed by atoms with E-state index >= 15 is 0 Å². The first-order valence-electron chi connectivity index (χ1n) is 5.22. The van der Waals surface area contributed by atoms with Gasteiger partial charge in [0, 0.05) is 13.1 Å². The van der Waals surface area contributed by atoms with Gasteiger partial charge in [0.1, 0.15) is 0 Å². The second-order valence-corrected chi connectivity index (χ2v) is 3.28. The van der Waals surface area contributed by atoms with Crippen LogP contribution in [-0.2, 0) is 4.79 Å². The fraction of sp³-hybridized carbons (Fsp3) is 0.800. The summed E-state index contributed by atoms with van der Waals surface area (Å²) in [7, 11) is 0. The Morgan fingerprint density at radius 3 is 2.14 bits per heavy atom. The molecular weight excluding hydrogens is 178 g/mol. The van der Waals surface area contributed by atoms with Crippen LogP contribution in [0.15, 0.2) is 0 Å². The third kappa shape index (κ3) is 5.49. The Labute approximate surface area is 85.5 Å². The van der Waals surface area contributed by atoms with E-state index < -0.39 is 0 Å². The van der Waals surface area contributed by atoms with Crippen LogP contribution < -0.4 is 0 Å². The normalized spacial score (nSPS) is 9.29. The average molecular weight is 197 g/mol. The van der Waals surface area contributed by atoms with Gasteiger partial charge in [-0.25, -0.2) is 0 Å². The second kappa shape index (κ2) is 8.45. The van der Waals surface area contributed by atoms with Crippen LogP contribution in [0.2, 0.25) is 0 Å². The molecule has 0 fully saturated rings. The maximum absolute atomic E-state index is 11.4. The lowest BCUT2D eigenvalue weighted by Crippen LogP contribution is -2.33. The summed E-state index contributed by atoms with van der Waals surface area (Å²) in [4.78, 5) is 15.9. The molecule has 0 atom stereocenters. The molecule has 0 saturated carbocycles. The Morgan fingerprint density at radius 2 is 1.79 bits per heavy atom. The fourth-order valence-electron chi connectivity index (χ4n) is 1.16. The quantitative estimate of drug-likeness (QED) is 0.348. The molecule has 0 aromatic rings. The molecule has 0 aromatic heterocycles. The van der Waals surface area contributed by atoms with Crippen molar-refractivity contribution in [1.29, 1.82) is 0 Å². The molecule has 0 aliphatic rings. The SMILES string of the molecule is CCCCN(CCCC)C(=O)C=[N+]=[N-]. The highest BCUT2D eigenvalue weighted by molar-refractivity contribution is 6.23. The smallest absolute Gasteiger partial charge is 0.344 e. The molecule has 4 heteroatoms. The van der Waals surface area contributed by atoms with E-state index in [0.29, 0.717) is 0 Å². The first-order chi connectivity index (χ1) is 6.76. The van der Waals surface area contributed by atoms with Crippen molar-refractivity contribution < 1.29 is 9.58 Å². The molecule has 0 N–H and O–H groups in total. The van der Waals surface area contributed by atoms with Crippen molar-refractivity contribution in [1.82, 2.24) is 4.90 Å². The summed E-state index contributed by atoms with van der Waals surface area (Å²) in [5.74, 6) is -0.200. The molecular formula is C10H19N3O. The van der Waals surface area contributed by atoms with Crippen LogP contribution >= 0.6 is 0 Å². The molecule has 0 aliphatic heterocycles. The van der Waals surface area contributed by atoms with Gasteiger partial charge in [0.2, 0.25) is 0 Å². The molecule has 1 amide bonds. The molecule has 0 heterocycles. The maximum atomic E-state index is 11.4. The van der Waals surface area contributed by atoms with Crippen molar-refractivity contribution >= 4 is 12.1 Å². The van der Waals surface area contributed by atoms with Gasteiger partial charge in [-0.2, -0.15) is 4.79 Å². The lowest BCUT2D eigenvalue weighted by molar-refractivity contribution is -0.127. The number of carbonyl (C=O) groups is 1. The molecule has 14 heavy (non-hydrogen) atoms. The van der Waals surface area contributed by atoms with Crippen molar-refractivity contribution in [2.75, 3.05) is 13.1 Å². The van der Waals surface area contributed by atoms with Gasteiger partial charge in [-0.05, 0) is 12.8 Å². The predicted octanol–water partition coefficient (Wildman–Crippen LogP) is 1.72. The van der Waals surface area contributed by atoms with E-state index in [0.717, 1.165) is 45.0 Å². The molecule has 0 aliphatic carbocycles. The van der Waals surface area contributed by atoms with Gasteiger partial charge in [-0.3, -0.25) is 4.79 Å². The molecule has 0 spiro atoms. The summed E-state index contributed by atoms with van der Waals surface area (Å²) in [6, 6.07) is 0. The summed E-state index contributed by atoms with van der Waals surface area (Å²) < 4.78 is 0. The number of unbranched alkanes of at least 4 members (excludes halogenated alkanes) is 2. The van der Waals surface area contributed by atoms with E-state index in [1.54, 1.807) is 4.90 Å². The highest BCUT2D eigenvalue weighted by Crippen LogP contribution is 1.98. The van der Waals surface area contributed by atoms with Crippen LogP contribution in [0.3, 0.4) is 0 Å². The van der Waals surface area contributed by atoms with Gasteiger partial charge in [0.05, 0.1) is 0 Å². The molecule has 0 rings (SSSR count). The van der Waals surface area contributed by atoms with Gasteiger partial charge in [-0.15, -0.1) is 0 Å². The zero-order chi connectivity index (χ0) is 10.8. The van der Waals surface area contributed by atoms with Gasteiger partial charge < -0.3 is 10.4 Å². The Bertz CT molecular complexity index is 201. The highest BCUT2D eigenvalue weighted by Gasteiger charge is 2.12. The van der Waals surface area contributed by atoms with Gasteiger partial charge in [0.15, 0.2) is 0 Å². The van der Waals surface area contributed by atoms with Gasteiger partial charge in [-0.1, -0.05) is 26.7 Å². The minimum atomic E-state index is -0.200. The summed E-state index contributed by atoms with van der Waals surface area (Å²) in [6.45, 7) is 5.67. The van der Waals surface area contributed by atoms with Crippen molar-refractivity contribution in [3.8, 4) is 0 Å². The van der Waals surface area contributed by atoms with E-state index in [2.05, 4.69) is 18.6 Å². The third-order valence-corrected chi connectivity index (χ3v) is 2.04. The number of carbonyl (C=O) groups excluding carboxylic acids is 1. The van der Waals surface area contributed by atoms with E-state index in [1.807, 2.05) is 0 Å². The van der Waals surface area contributed by atoms with E-state index in [-0.39, 0.29) is 5.91 Å². The van der Waals surface area contributed by atoms with Crippen LogP contribution in [0.1, 0.15) is 39.5 Å². The van der Waals surface area contributed by atoms with Gasteiger partial charge >= 0.3 is 12.1 Å². The van der Waals surface area contributed by atoms with E-state index in [1.165, 1.54) is 0 Å². The zero-order valence-electron chi connectivity index (χ0n) is 9.07. The first-order valence-corrected chi connectivity index (χ1v) is 5.22. The fourth-order valence-corrected chi connectivity index (χ4v) is 1.16. The van der Waals surface area contributed by atoms with Gasteiger partial charge in [0.25, 0.3) is 0 Å². The van der Waals surface area contributed by atoms with Crippen LogP contribution in [0.25, 0.3) is 5.53 Å². The summed E-state index contributed by atoms with van der Waals surface area (Å²) >= 11 is 0. The lowest BCUT2D eigenvalue weighted by atomic mass is 10.2. The largest absolute Gasteiger partial charge is 0.361 e. The Hall–Kier alpha value is -1.15. The van der Waals surface area contributed by atoms with E-state index in [4.69, 9.17) is 5.53 Å². The van der Waals surface area contributed by atoms with Crippen LogP contribution in [0, 0.1) is 0 Å².